The van der Waals surface area contributed by atoms with Gasteiger partial charge in [-0.2, -0.15) is 5.10 Å². The Morgan fingerprint density at radius 3 is 2.48 bits per heavy atom. The van der Waals surface area contributed by atoms with Crippen LogP contribution in [0.3, 0.4) is 0 Å². The van der Waals surface area contributed by atoms with Gasteiger partial charge in [-0.3, -0.25) is 4.68 Å². The molecule has 1 atom stereocenters. The highest BCUT2D eigenvalue weighted by Gasteiger charge is 2.27. The molecule has 1 unspecified atom stereocenters. The van der Waals surface area contributed by atoms with Crippen molar-refractivity contribution in [2.75, 3.05) is 0 Å². The molecule has 0 amide bonds. The van der Waals surface area contributed by atoms with Gasteiger partial charge in [-0.1, -0.05) is 31.2 Å². The Kier molecular flexibility index (Phi) is 4.11. The molecule has 2 aromatic rings. The number of nitrogens with two attached hydrogens (primary N) is 1. The van der Waals surface area contributed by atoms with E-state index in [1.54, 1.807) is 0 Å². The van der Waals surface area contributed by atoms with Crippen molar-refractivity contribution in [1.82, 2.24) is 9.78 Å². The fourth-order valence-electron chi connectivity index (χ4n) is 3.43. The van der Waals surface area contributed by atoms with Gasteiger partial charge in [0.05, 0.1) is 5.69 Å². The summed E-state index contributed by atoms with van der Waals surface area (Å²) in [5.74, 6) is 0.563. The van der Waals surface area contributed by atoms with E-state index in [1.807, 2.05) is 0 Å². The number of hydrogen-bond acceptors (Lipinski definition) is 2. The van der Waals surface area contributed by atoms with Crippen molar-refractivity contribution in [3.8, 4) is 0 Å². The molecule has 0 aliphatic heterocycles. The molecule has 3 rings (SSSR count). The third-order valence-corrected chi connectivity index (χ3v) is 4.71. The zero-order valence-corrected chi connectivity index (χ0v) is 13.0. The number of aromatic nitrogens is 2. The Morgan fingerprint density at radius 1 is 1.24 bits per heavy atom. The lowest BCUT2D eigenvalue weighted by molar-refractivity contribution is 0.425. The van der Waals surface area contributed by atoms with Crippen molar-refractivity contribution in [2.45, 2.75) is 52.1 Å². The summed E-state index contributed by atoms with van der Waals surface area (Å²) in [6.45, 7) is 5.22. The maximum Gasteiger partial charge on any atom is 0.0624 e. The van der Waals surface area contributed by atoms with Crippen LogP contribution in [0.5, 0.6) is 0 Å². The lowest BCUT2D eigenvalue weighted by Crippen LogP contribution is -2.33. The van der Waals surface area contributed by atoms with Crippen LogP contribution in [0.1, 0.15) is 36.4 Å². The van der Waals surface area contributed by atoms with Gasteiger partial charge in [0.1, 0.15) is 0 Å². The summed E-state index contributed by atoms with van der Waals surface area (Å²) in [4.78, 5) is 0. The van der Waals surface area contributed by atoms with Crippen LogP contribution in [0.4, 0.5) is 0 Å². The number of hydrogen-bond donors (Lipinski definition) is 1. The number of benzene rings is 1. The SMILES string of the molecule is CCc1cc(CC(N)C2Cc3ccccc3C2)n(CC)n1. The van der Waals surface area contributed by atoms with Crippen LogP contribution in [0.15, 0.2) is 30.3 Å². The Morgan fingerprint density at radius 2 is 1.90 bits per heavy atom. The quantitative estimate of drug-likeness (QED) is 0.917. The van der Waals surface area contributed by atoms with E-state index in [4.69, 9.17) is 5.73 Å². The molecule has 3 heteroatoms. The minimum absolute atomic E-state index is 0.212. The van der Waals surface area contributed by atoms with Crippen molar-refractivity contribution in [2.24, 2.45) is 11.7 Å². The summed E-state index contributed by atoms with van der Waals surface area (Å²) >= 11 is 0. The van der Waals surface area contributed by atoms with Crippen molar-refractivity contribution in [3.05, 3.63) is 52.8 Å². The molecule has 0 radical (unpaired) electrons. The first kappa shape index (κ1) is 14.3. The maximum atomic E-state index is 6.52. The first-order valence-corrected chi connectivity index (χ1v) is 8.09. The normalized spacial score (nSPS) is 16.1. The van der Waals surface area contributed by atoms with Crippen LogP contribution < -0.4 is 5.73 Å². The lowest BCUT2D eigenvalue weighted by Gasteiger charge is -2.19. The molecule has 1 heterocycles. The van der Waals surface area contributed by atoms with Gasteiger partial charge < -0.3 is 5.73 Å². The average molecular weight is 283 g/mol. The summed E-state index contributed by atoms with van der Waals surface area (Å²) in [6.07, 6.45) is 4.17. The van der Waals surface area contributed by atoms with E-state index in [0.29, 0.717) is 5.92 Å². The van der Waals surface area contributed by atoms with Gasteiger partial charge in [-0.15, -0.1) is 0 Å². The molecule has 0 fully saturated rings. The molecular formula is C18H25N3. The van der Waals surface area contributed by atoms with Crippen molar-refractivity contribution < 1.29 is 0 Å². The van der Waals surface area contributed by atoms with Gasteiger partial charge in [-0.25, -0.2) is 0 Å². The van der Waals surface area contributed by atoms with Gasteiger partial charge in [0.15, 0.2) is 0 Å². The first-order chi connectivity index (χ1) is 10.2. The summed E-state index contributed by atoms with van der Waals surface area (Å²) < 4.78 is 2.11. The van der Waals surface area contributed by atoms with Gasteiger partial charge in [0.25, 0.3) is 0 Å². The summed E-state index contributed by atoms with van der Waals surface area (Å²) in [5.41, 5.74) is 12.0. The molecule has 1 aliphatic carbocycles. The molecule has 3 nitrogen and oxygen atoms in total. The Balaban J connectivity index is 1.70. The van der Waals surface area contributed by atoms with Gasteiger partial charge in [0.2, 0.25) is 0 Å². The largest absolute Gasteiger partial charge is 0.327 e. The Labute approximate surface area is 127 Å². The zero-order valence-electron chi connectivity index (χ0n) is 13.0. The highest BCUT2D eigenvalue weighted by Crippen LogP contribution is 2.29. The number of rotatable bonds is 5. The second-order valence-corrected chi connectivity index (χ2v) is 6.10. The highest BCUT2D eigenvalue weighted by atomic mass is 15.3. The summed E-state index contributed by atoms with van der Waals surface area (Å²) in [6, 6.07) is 11.2. The third kappa shape index (κ3) is 2.88. The molecule has 2 N–H and O–H groups in total. The topological polar surface area (TPSA) is 43.8 Å². The maximum absolute atomic E-state index is 6.52. The number of aryl methyl sites for hydroxylation is 2. The van der Waals surface area contributed by atoms with E-state index in [1.165, 1.54) is 22.5 Å². The van der Waals surface area contributed by atoms with E-state index in [9.17, 15) is 0 Å². The van der Waals surface area contributed by atoms with E-state index in [0.717, 1.165) is 32.2 Å². The van der Waals surface area contributed by atoms with E-state index >= 15 is 0 Å². The van der Waals surface area contributed by atoms with Gasteiger partial charge in [0, 0.05) is 24.7 Å². The molecule has 1 aliphatic rings. The van der Waals surface area contributed by atoms with Crippen molar-refractivity contribution in [1.29, 1.82) is 0 Å². The monoisotopic (exact) mass is 283 g/mol. The second-order valence-electron chi connectivity index (χ2n) is 6.10. The molecule has 1 aromatic heterocycles. The average Bonchev–Trinajstić information content (AvgIpc) is 3.10. The van der Waals surface area contributed by atoms with E-state index < -0.39 is 0 Å². The van der Waals surface area contributed by atoms with E-state index in [2.05, 4.69) is 54.0 Å². The summed E-state index contributed by atoms with van der Waals surface area (Å²) in [5, 5.41) is 4.63. The van der Waals surface area contributed by atoms with Crippen LogP contribution in [0, 0.1) is 5.92 Å². The first-order valence-electron chi connectivity index (χ1n) is 8.09. The molecule has 1 aromatic carbocycles. The van der Waals surface area contributed by atoms with Gasteiger partial charge >= 0.3 is 0 Å². The van der Waals surface area contributed by atoms with Crippen LogP contribution in [0.2, 0.25) is 0 Å². The predicted octanol–water partition coefficient (Wildman–Crippen LogP) is 2.75. The minimum Gasteiger partial charge on any atom is -0.327 e. The van der Waals surface area contributed by atoms with Crippen LogP contribution in [0.25, 0.3) is 0 Å². The standard InChI is InChI=1S/C18H25N3/c1-3-16-11-17(21(4-2)20-16)12-18(19)15-9-13-7-5-6-8-14(13)10-15/h5-8,11,15,18H,3-4,9-10,12,19H2,1-2H3. The number of fused-ring (bicyclic) bond motifs is 1. The molecular weight excluding hydrogens is 258 g/mol. The molecule has 0 spiro atoms. The van der Waals surface area contributed by atoms with Crippen molar-refractivity contribution in [3.63, 3.8) is 0 Å². The number of nitrogens with zero attached hydrogens (tertiary/aromatic N) is 2. The molecule has 0 bridgehead atoms. The zero-order chi connectivity index (χ0) is 14.8. The predicted molar refractivity (Wildman–Crippen MR) is 86.3 cm³/mol. The van der Waals surface area contributed by atoms with Crippen LogP contribution in [-0.4, -0.2) is 15.8 Å². The Hall–Kier alpha value is -1.61. The van der Waals surface area contributed by atoms with Crippen LogP contribution >= 0.6 is 0 Å². The molecule has 112 valence electrons. The summed E-state index contributed by atoms with van der Waals surface area (Å²) in [7, 11) is 0. The smallest absolute Gasteiger partial charge is 0.0624 e. The Bertz CT molecular complexity index is 590. The second kappa shape index (κ2) is 6.02. The minimum atomic E-state index is 0.212. The third-order valence-electron chi connectivity index (χ3n) is 4.71. The fourth-order valence-corrected chi connectivity index (χ4v) is 3.43. The fraction of sp³-hybridized carbons (Fsp3) is 0.500. The van der Waals surface area contributed by atoms with Gasteiger partial charge in [-0.05, 0) is 49.3 Å². The molecule has 0 saturated heterocycles. The van der Waals surface area contributed by atoms with Crippen LogP contribution in [-0.2, 0) is 32.2 Å². The van der Waals surface area contributed by atoms with Crippen molar-refractivity contribution >= 4 is 0 Å². The lowest BCUT2D eigenvalue weighted by atomic mass is 9.93. The van der Waals surface area contributed by atoms with E-state index in [-0.39, 0.29) is 6.04 Å². The molecule has 21 heavy (non-hydrogen) atoms. The molecule has 0 saturated carbocycles. The highest BCUT2D eigenvalue weighted by molar-refractivity contribution is 5.32.